The van der Waals surface area contributed by atoms with Gasteiger partial charge in [0.1, 0.15) is 10.8 Å². The van der Waals surface area contributed by atoms with Gasteiger partial charge in [-0.3, -0.25) is 4.79 Å². The lowest BCUT2D eigenvalue weighted by atomic mass is 9.98. The molecule has 1 heterocycles. The van der Waals surface area contributed by atoms with E-state index in [9.17, 15) is 9.18 Å². The molecule has 1 aliphatic carbocycles. The standard InChI is InChI=1S/C15H16FN3OS/c16-10-6-4-9(5-7-10)15-19-12-3-1-2-11(14(12)21-15)18-13(20)8-17/h4-7,11H,1-3,8,17H2,(H,18,20)/t11-/m0/s1. The van der Waals surface area contributed by atoms with Gasteiger partial charge in [-0.1, -0.05) is 0 Å². The molecular formula is C15H16FN3OS. The molecule has 0 aliphatic heterocycles. The molecule has 0 radical (unpaired) electrons. The van der Waals surface area contributed by atoms with E-state index in [1.807, 2.05) is 0 Å². The third-order valence-electron chi connectivity index (χ3n) is 3.56. The molecule has 0 saturated heterocycles. The maximum atomic E-state index is 13.0. The lowest BCUT2D eigenvalue weighted by Crippen LogP contribution is -2.34. The maximum absolute atomic E-state index is 13.0. The number of fused-ring (bicyclic) bond motifs is 1. The Morgan fingerprint density at radius 1 is 1.43 bits per heavy atom. The van der Waals surface area contributed by atoms with Crippen LogP contribution in [0.3, 0.4) is 0 Å². The quantitative estimate of drug-likeness (QED) is 0.915. The Balaban J connectivity index is 1.90. The molecule has 1 aromatic heterocycles. The van der Waals surface area contributed by atoms with E-state index in [-0.39, 0.29) is 24.3 Å². The first-order chi connectivity index (χ1) is 10.2. The van der Waals surface area contributed by atoms with Crippen LogP contribution < -0.4 is 11.1 Å². The molecule has 0 fully saturated rings. The number of carbonyl (C=O) groups excluding carboxylic acids is 1. The van der Waals surface area contributed by atoms with Gasteiger partial charge in [0.2, 0.25) is 5.91 Å². The van der Waals surface area contributed by atoms with Crippen LogP contribution in [0.1, 0.15) is 29.5 Å². The number of benzene rings is 1. The van der Waals surface area contributed by atoms with Crippen LogP contribution in [0.15, 0.2) is 24.3 Å². The first kappa shape index (κ1) is 14.2. The molecular weight excluding hydrogens is 289 g/mol. The Morgan fingerprint density at radius 2 is 2.19 bits per heavy atom. The van der Waals surface area contributed by atoms with Crippen LogP contribution in [0.25, 0.3) is 10.6 Å². The van der Waals surface area contributed by atoms with Gasteiger partial charge in [0, 0.05) is 5.56 Å². The zero-order chi connectivity index (χ0) is 14.8. The van der Waals surface area contributed by atoms with E-state index >= 15 is 0 Å². The third-order valence-corrected chi connectivity index (χ3v) is 4.82. The Bertz CT molecular complexity index is 653. The number of thiazole rings is 1. The second-order valence-electron chi connectivity index (χ2n) is 5.05. The van der Waals surface area contributed by atoms with E-state index < -0.39 is 0 Å². The zero-order valence-electron chi connectivity index (χ0n) is 11.4. The summed E-state index contributed by atoms with van der Waals surface area (Å²) in [6.07, 6.45) is 2.82. The Hall–Kier alpha value is -1.79. The molecule has 1 aromatic carbocycles. The molecule has 3 N–H and O–H groups in total. The van der Waals surface area contributed by atoms with Gasteiger partial charge in [-0.05, 0) is 43.5 Å². The second kappa shape index (κ2) is 5.91. The van der Waals surface area contributed by atoms with Crippen molar-refractivity contribution >= 4 is 17.2 Å². The number of aryl methyl sites for hydroxylation is 1. The largest absolute Gasteiger partial charge is 0.347 e. The summed E-state index contributed by atoms with van der Waals surface area (Å²) in [7, 11) is 0. The molecule has 2 aromatic rings. The summed E-state index contributed by atoms with van der Waals surface area (Å²) in [6.45, 7) is -0.00451. The number of aromatic nitrogens is 1. The van der Waals surface area contributed by atoms with Gasteiger partial charge in [0.05, 0.1) is 23.2 Å². The molecule has 0 saturated carbocycles. The minimum absolute atomic E-state index is 0.00324. The fraction of sp³-hybridized carbons (Fsp3) is 0.333. The highest BCUT2D eigenvalue weighted by molar-refractivity contribution is 7.15. The number of rotatable bonds is 3. The van der Waals surface area contributed by atoms with Gasteiger partial charge in [0.25, 0.3) is 0 Å². The van der Waals surface area contributed by atoms with Gasteiger partial charge >= 0.3 is 0 Å². The van der Waals surface area contributed by atoms with Crippen LogP contribution in [0.4, 0.5) is 4.39 Å². The Kier molecular flexibility index (Phi) is 3.98. The van der Waals surface area contributed by atoms with Gasteiger partial charge in [-0.15, -0.1) is 11.3 Å². The van der Waals surface area contributed by atoms with E-state index in [0.29, 0.717) is 0 Å². The van der Waals surface area contributed by atoms with Crippen molar-refractivity contribution < 1.29 is 9.18 Å². The second-order valence-corrected chi connectivity index (χ2v) is 6.08. The lowest BCUT2D eigenvalue weighted by Gasteiger charge is -2.22. The minimum atomic E-state index is -0.256. The van der Waals surface area contributed by atoms with E-state index in [1.165, 1.54) is 12.1 Å². The molecule has 1 amide bonds. The smallest absolute Gasteiger partial charge is 0.234 e. The molecule has 0 spiro atoms. The summed E-state index contributed by atoms with van der Waals surface area (Å²) in [5, 5.41) is 3.81. The van der Waals surface area contributed by atoms with E-state index in [0.717, 1.165) is 40.4 Å². The minimum Gasteiger partial charge on any atom is -0.347 e. The molecule has 6 heteroatoms. The van der Waals surface area contributed by atoms with Crippen molar-refractivity contribution in [1.82, 2.24) is 10.3 Å². The molecule has 1 aliphatic rings. The number of nitrogens with one attached hydrogen (secondary N) is 1. The van der Waals surface area contributed by atoms with E-state index in [2.05, 4.69) is 10.3 Å². The van der Waals surface area contributed by atoms with Gasteiger partial charge in [0.15, 0.2) is 0 Å². The number of hydrogen-bond acceptors (Lipinski definition) is 4. The van der Waals surface area contributed by atoms with Crippen molar-refractivity contribution in [2.45, 2.75) is 25.3 Å². The highest BCUT2D eigenvalue weighted by Gasteiger charge is 2.25. The summed E-state index contributed by atoms with van der Waals surface area (Å²) in [6, 6.07) is 6.32. The predicted molar refractivity (Wildman–Crippen MR) is 80.4 cm³/mol. The first-order valence-corrected chi connectivity index (χ1v) is 7.74. The summed E-state index contributed by atoms with van der Waals surface area (Å²) in [4.78, 5) is 17.3. The number of nitrogens with two attached hydrogens (primary N) is 1. The number of hydrogen-bond donors (Lipinski definition) is 2. The first-order valence-electron chi connectivity index (χ1n) is 6.92. The van der Waals surface area contributed by atoms with Crippen LogP contribution in [0, 0.1) is 5.82 Å². The van der Waals surface area contributed by atoms with Crippen molar-refractivity contribution in [3.63, 3.8) is 0 Å². The molecule has 4 nitrogen and oxygen atoms in total. The SMILES string of the molecule is NCC(=O)N[C@H]1CCCc2nc(-c3ccc(F)cc3)sc21. The third kappa shape index (κ3) is 2.96. The summed E-state index contributed by atoms with van der Waals surface area (Å²) >= 11 is 1.57. The fourth-order valence-electron chi connectivity index (χ4n) is 2.53. The van der Waals surface area contributed by atoms with Gasteiger partial charge < -0.3 is 11.1 Å². The molecule has 110 valence electrons. The van der Waals surface area contributed by atoms with Crippen molar-refractivity contribution in [3.8, 4) is 10.6 Å². The fourth-order valence-corrected chi connectivity index (χ4v) is 3.73. The van der Waals surface area contributed by atoms with Gasteiger partial charge in [-0.2, -0.15) is 0 Å². The number of amides is 1. The number of carbonyl (C=O) groups is 1. The van der Waals surface area contributed by atoms with E-state index in [1.54, 1.807) is 23.5 Å². The highest BCUT2D eigenvalue weighted by Crippen LogP contribution is 2.37. The summed E-state index contributed by atoms with van der Waals surface area (Å²) in [5.41, 5.74) is 7.30. The summed E-state index contributed by atoms with van der Waals surface area (Å²) < 4.78 is 13.0. The van der Waals surface area contributed by atoms with Crippen LogP contribution in [0.5, 0.6) is 0 Å². The highest BCUT2D eigenvalue weighted by atomic mass is 32.1. The molecule has 0 unspecified atom stereocenters. The Morgan fingerprint density at radius 3 is 2.90 bits per heavy atom. The Labute approximate surface area is 126 Å². The van der Waals surface area contributed by atoms with Crippen molar-refractivity contribution in [2.75, 3.05) is 6.54 Å². The molecule has 1 atom stereocenters. The molecule has 3 rings (SSSR count). The number of halogens is 1. The topological polar surface area (TPSA) is 68.0 Å². The zero-order valence-corrected chi connectivity index (χ0v) is 12.3. The van der Waals surface area contributed by atoms with Crippen LogP contribution in [0.2, 0.25) is 0 Å². The number of nitrogens with zero attached hydrogens (tertiary/aromatic N) is 1. The predicted octanol–water partition coefficient (Wildman–Crippen LogP) is 2.40. The van der Waals surface area contributed by atoms with Gasteiger partial charge in [-0.25, -0.2) is 9.37 Å². The molecule has 21 heavy (non-hydrogen) atoms. The average molecular weight is 305 g/mol. The van der Waals surface area contributed by atoms with Crippen LogP contribution in [-0.2, 0) is 11.2 Å². The monoisotopic (exact) mass is 305 g/mol. The van der Waals surface area contributed by atoms with Crippen LogP contribution in [-0.4, -0.2) is 17.4 Å². The van der Waals surface area contributed by atoms with Crippen molar-refractivity contribution in [2.24, 2.45) is 5.73 Å². The maximum Gasteiger partial charge on any atom is 0.234 e. The van der Waals surface area contributed by atoms with Crippen molar-refractivity contribution in [3.05, 3.63) is 40.7 Å². The normalized spacial score (nSPS) is 17.3. The lowest BCUT2D eigenvalue weighted by molar-refractivity contribution is -0.120. The average Bonchev–Trinajstić information content (AvgIpc) is 2.93. The van der Waals surface area contributed by atoms with Crippen LogP contribution >= 0.6 is 11.3 Å². The molecule has 0 bridgehead atoms. The van der Waals surface area contributed by atoms with Crippen molar-refractivity contribution in [1.29, 1.82) is 0 Å². The summed E-state index contributed by atoms with van der Waals surface area (Å²) in [5.74, 6) is -0.405. The van der Waals surface area contributed by atoms with E-state index in [4.69, 9.17) is 5.73 Å².